The minimum absolute atomic E-state index is 0. The smallest absolute Gasteiger partial charge is 0.129 e. The molecule has 0 radical (unpaired) electrons. The monoisotopic (exact) mass is 212 g/mol. The number of likely N-dealkylation sites (tertiary alicyclic amines) is 1. The Bertz CT molecular complexity index is 165. The topological polar surface area (TPSA) is 60.7 Å². The van der Waals surface area contributed by atoms with Crippen LogP contribution in [0.2, 0.25) is 0 Å². The average molecular weight is 213 g/mol. The Balaban J connectivity index is 0.00000144. The SMILES string of the molecule is C[N+]1(C)CC(O)C(O)C(CO)C1.Cl. The third-order valence-electron chi connectivity index (χ3n) is 2.52. The summed E-state index contributed by atoms with van der Waals surface area (Å²) in [6.07, 6.45) is -1.47. The lowest BCUT2D eigenvalue weighted by Crippen LogP contribution is -2.60. The molecule has 0 aromatic heterocycles. The zero-order valence-electron chi connectivity index (χ0n) is 8.05. The molecule has 4 nitrogen and oxygen atoms in total. The Hall–Kier alpha value is 0.130. The van der Waals surface area contributed by atoms with Crippen LogP contribution < -0.4 is 0 Å². The Kier molecular flexibility index (Phi) is 4.62. The van der Waals surface area contributed by atoms with Gasteiger partial charge in [0.15, 0.2) is 0 Å². The molecule has 1 fully saturated rings. The maximum atomic E-state index is 9.45. The van der Waals surface area contributed by atoms with Crippen LogP contribution in [0.1, 0.15) is 0 Å². The number of likely N-dealkylation sites (N-methyl/N-ethyl adjacent to an activating group) is 1. The maximum absolute atomic E-state index is 9.45. The first-order valence-corrected chi connectivity index (χ1v) is 4.25. The van der Waals surface area contributed by atoms with Crippen molar-refractivity contribution in [3.63, 3.8) is 0 Å². The van der Waals surface area contributed by atoms with E-state index in [4.69, 9.17) is 5.11 Å². The van der Waals surface area contributed by atoms with Gasteiger partial charge in [-0.3, -0.25) is 0 Å². The van der Waals surface area contributed by atoms with E-state index in [9.17, 15) is 10.2 Å². The number of halogens is 1. The lowest BCUT2D eigenvalue weighted by atomic mass is 9.92. The molecule has 13 heavy (non-hydrogen) atoms. The number of aliphatic hydroxyl groups excluding tert-OH is 3. The van der Waals surface area contributed by atoms with Gasteiger partial charge in [0.1, 0.15) is 12.6 Å². The molecule has 0 bridgehead atoms. The van der Waals surface area contributed by atoms with E-state index in [0.717, 1.165) is 0 Å². The molecule has 1 heterocycles. The van der Waals surface area contributed by atoms with E-state index in [1.807, 2.05) is 14.1 Å². The van der Waals surface area contributed by atoms with Crippen LogP contribution in [0, 0.1) is 5.92 Å². The number of aliphatic hydroxyl groups is 3. The molecule has 3 atom stereocenters. The highest BCUT2D eigenvalue weighted by molar-refractivity contribution is 5.85. The number of nitrogens with zero attached hydrogens (tertiary/aromatic N) is 1. The van der Waals surface area contributed by atoms with Gasteiger partial charge in [-0.1, -0.05) is 0 Å². The molecule has 0 aromatic carbocycles. The van der Waals surface area contributed by atoms with Gasteiger partial charge < -0.3 is 19.8 Å². The van der Waals surface area contributed by atoms with Crippen LogP contribution in [0.15, 0.2) is 0 Å². The van der Waals surface area contributed by atoms with E-state index in [0.29, 0.717) is 17.6 Å². The zero-order chi connectivity index (χ0) is 9.35. The normalized spacial score (nSPS) is 38.1. The lowest BCUT2D eigenvalue weighted by Gasteiger charge is -2.42. The van der Waals surface area contributed by atoms with Crippen molar-refractivity contribution in [3.8, 4) is 0 Å². The predicted octanol–water partition coefficient (Wildman–Crippen LogP) is -1.17. The fourth-order valence-electron chi connectivity index (χ4n) is 1.91. The Morgan fingerprint density at radius 3 is 2.23 bits per heavy atom. The molecule has 1 rings (SSSR count). The fourth-order valence-corrected chi connectivity index (χ4v) is 1.91. The van der Waals surface area contributed by atoms with Gasteiger partial charge in [-0.25, -0.2) is 0 Å². The summed E-state index contributed by atoms with van der Waals surface area (Å²) < 4.78 is 0.656. The van der Waals surface area contributed by atoms with Gasteiger partial charge in [0, 0.05) is 0 Å². The van der Waals surface area contributed by atoms with Crippen molar-refractivity contribution in [2.45, 2.75) is 12.2 Å². The molecule has 0 amide bonds. The van der Waals surface area contributed by atoms with E-state index in [-0.39, 0.29) is 24.9 Å². The summed E-state index contributed by atoms with van der Waals surface area (Å²) >= 11 is 0. The molecule has 1 aliphatic rings. The number of hydrogen-bond acceptors (Lipinski definition) is 3. The van der Waals surface area contributed by atoms with Crippen molar-refractivity contribution < 1.29 is 19.8 Å². The first-order chi connectivity index (χ1) is 5.46. The van der Waals surface area contributed by atoms with Gasteiger partial charge in [0.2, 0.25) is 0 Å². The highest BCUT2D eigenvalue weighted by atomic mass is 35.5. The molecular formula is C8H19ClNO3+. The fraction of sp³-hybridized carbons (Fsp3) is 1.00. The van der Waals surface area contributed by atoms with E-state index in [1.165, 1.54) is 0 Å². The van der Waals surface area contributed by atoms with Gasteiger partial charge >= 0.3 is 0 Å². The molecule has 0 spiro atoms. The summed E-state index contributed by atoms with van der Waals surface area (Å²) in [4.78, 5) is 0. The second kappa shape index (κ2) is 4.57. The van der Waals surface area contributed by atoms with E-state index in [2.05, 4.69) is 0 Å². The summed E-state index contributed by atoms with van der Waals surface area (Å²) in [7, 11) is 3.97. The van der Waals surface area contributed by atoms with Crippen molar-refractivity contribution in [1.29, 1.82) is 0 Å². The molecule has 5 heteroatoms. The van der Waals surface area contributed by atoms with Crippen LogP contribution in [0.5, 0.6) is 0 Å². The molecule has 80 valence electrons. The van der Waals surface area contributed by atoms with Gasteiger partial charge in [-0.2, -0.15) is 0 Å². The second-order valence-corrected chi connectivity index (χ2v) is 4.30. The first-order valence-electron chi connectivity index (χ1n) is 4.25. The van der Waals surface area contributed by atoms with Crippen molar-refractivity contribution in [1.82, 2.24) is 0 Å². The lowest BCUT2D eigenvalue weighted by molar-refractivity contribution is -0.903. The molecule has 1 saturated heterocycles. The molecule has 0 saturated carbocycles. The third-order valence-corrected chi connectivity index (χ3v) is 2.52. The van der Waals surface area contributed by atoms with Crippen molar-refractivity contribution in [2.75, 3.05) is 33.8 Å². The molecular weight excluding hydrogens is 194 g/mol. The molecule has 0 aromatic rings. The van der Waals surface area contributed by atoms with Crippen LogP contribution in [0.3, 0.4) is 0 Å². The summed E-state index contributed by atoms with van der Waals surface area (Å²) in [5, 5.41) is 27.8. The Morgan fingerprint density at radius 1 is 1.23 bits per heavy atom. The predicted molar refractivity (Wildman–Crippen MR) is 51.7 cm³/mol. The molecule has 0 aliphatic carbocycles. The van der Waals surface area contributed by atoms with Crippen LogP contribution >= 0.6 is 12.4 Å². The molecule has 3 N–H and O–H groups in total. The van der Waals surface area contributed by atoms with E-state index < -0.39 is 12.2 Å². The zero-order valence-corrected chi connectivity index (χ0v) is 8.87. The highest BCUT2D eigenvalue weighted by Gasteiger charge is 2.40. The largest absolute Gasteiger partial charge is 0.396 e. The summed E-state index contributed by atoms with van der Waals surface area (Å²) in [5.41, 5.74) is 0. The van der Waals surface area contributed by atoms with Crippen LogP contribution in [0.25, 0.3) is 0 Å². The van der Waals surface area contributed by atoms with Crippen molar-refractivity contribution in [3.05, 3.63) is 0 Å². The minimum Gasteiger partial charge on any atom is -0.396 e. The Morgan fingerprint density at radius 2 is 1.77 bits per heavy atom. The van der Waals surface area contributed by atoms with Crippen LogP contribution in [0.4, 0.5) is 0 Å². The third kappa shape index (κ3) is 3.07. The average Bonchev–Trinajstić information content (AvgIpc) is 1.96. The van der Waals surface area contributed by atoms with Crippen molar-refractivity contribution in [2.24, 2.45) is 5.92 Å². The number of rotatable bonds is 1. The quantitative estimate of drug-likeness (QED) is 0.480. The Labute approximate surface area is 84.8 Å². The molecule has 3 unspecified atom stereocenters. The van der Waals surface area contributed by atoms with Crippen LogP contribution in [-0.4, -0.2) is 65.8 Å². The van der Waals surface area contributed by atoms with Gasteiger partial charge in [0.05, 0.1) is 39.3 Å². The van der Waals surface area contributed by atoms with Gasteiger partial charge in [-0.05, 0) is 0 Å². The van der Waals surface area contributed by atoms with Gasteiger partial charge in [-0.15, -0.1) is 12.4 Å². The summed E-state index contributed by atoms with van der Waals surface area (Å²) in [6.45, 7) is 1.21. The number of hydrogen-bond donors (Lipinski definition) is 3. The van der Waals surface area contributed by atoms with Gasteiger partial charge in [0.25, 0.3) is 0 Å². The first kappa shape index (κ1) is 13.1. The number of piperidine rings is 1. The van der Waals surface area contributed by atoms with E-state index in [1.54, 1.807) is 0 Å². The summed E-state index contributed by atoms with van der Waals surface area (Å²) in [6, 6.07) is 0. The minimum atomic E-state index is -0.763. The standard InChI is InChI=1S/C8H18NO3.ClH/c1-9(2)3-6(5-10)8(12)7(11)4-9;/h6-8,10-12H,3-5H2,1-2H3;1H/q+1;. The maximum Gasteiger partial charge on any atom is 0.129 e. The van der Waals surface area contributed by atoms with E-state index >= 15 is 0 Å². The number of quaternary nitrogens is 1. The summed E-state index contributed by atoms with van der Waals surface area (Å²) in [5.74, 6) is -0.191. The second-order valence-electron chi connectivity index (χ2n) is 4.30. The van der Waals surface area contributed by atoms with Crippen LogP contribution in [-0.2, 0) is 0 Å². The molecule has 1 aliphatic heterocycles. The highest BCUT2D eigenvalue weighted by Crippen LogP contribution is 2.20. The van der Waals surface area contributed by atoms with Crippen molar-refractivity contribution >= 4 is 12.4 Å².